The number of rotatable bonds is 6. The van der Waals surface area contributed by atoms with Gasteiger partial charge in [0, 0.05) is 7.11 Å². The molecule has 6 heteroatoms. The maximum Gasteiger partial charge on any atom is 0.261 e. The first-order valence-electron chi connectivity index (χ1n) is 12.0. The third kappa shape index (κ3) is 4.27. The van der Waals surface area contributed by atoms with Crippen molar-refractivity contribution in [2.75, 3.05) is 20.5 Å². The van der Waals surface area contributed by atoms with E-state index in [4.69, 9.17) is 23.4 Å². The Morgan fingerprint density at radius 2 is 1.50 bits per heavy atom. The first kappa shape index (κ1) is 25.1. The summed E-state index contributed by atoms with van der Waals surface area (Å²) in [6, 6.07) is 21.3. The minimum absolute atomic E-state index is 0.117. The minimum Gasteiger partial charge on any atom is -0.489 e. The molecule has 2 aliphatic heterocycles. The summed E-state index contributed by atoms with van der Waals surface area (Å²) in [5.41, 5.74) is -0.364. The van der Waals surface area contributed by atoms with Gasteiger partial charge in [-0.05, 0) is 15.4 Å². The monoisotopic (exact) mass is 482 g/mol. The highest BCUT2D eigenvalue weighted by atomic mass is 28.4. The Kier molecular flexibility index (Phi) is 7.09. The first-order valence-corrected chi connectivity index (χ1v) is 13.9. The van der Waals surface area contributed by atoms with Crippen molar-refractivity contribution >= 4 is 18.7 Å². The van der Waals surface area contributed by atoms with Gasteiger partial charge in [0.1, 0.15) is 19.0 Å². The van der Waals surface area contributed by atoms with Crippen LogP contribution in [0.2, 0.25) is 5.04 Å². The van der Waals surface area contributed by atoms with Crippen molar-refractivity contribution < 1.29 is 23.4 Å². The van der Waals surface area contributed by atoms with Crippen molar-refractivity contribution in [2.45, 2.75) is 64.1 Å². The molecule has 34 heavy (non-hydrogen) atoms. The van der Waals surface area contributed by atoms with Crippen molar-refractivity contribution in [2.24, 2.45) is 5.41 Å². The third-order valence-corrected chi connectivity index (χ3v) is 12.4. The number of ether oxygens (including phenoxy) is 4. The van der Waals surface area contributed by atoms with Gasteiger partial charge < -0.3 is 23.4 Å². The number of hydrogen-bond acceptors (Lipinski definition) is 5. The molecule has 0 radical (unpaired) electrons. The van der Waals surface area contributed by atoms with Crippen LogP contribution in [0, 0.1) is 5.41 Å². The van der Waals surface area contributed by atoms with E-state index in [2.05, 4.69) is 102 Å². The molecule has 0 spiro atoms. The van der Waals surface area contributed by atoms with E-state index >= 15 is 0 Å². The molecule has 4 rings (SSSR count). The lowest BCUT2D eigenvalue weighted by Crippen LogP contribution is -2.68. The number of hydrogen-bond donors (Lipinski definition) is 0. The molecule has 2 heterocycles. The van der Waals surface area contributed by atoms with Crippen molar-refractivity contribution in [3.63, 3.8) is 0 Å². The van der Waals surface area contributed by atoms with E-state index in [0.717, 1.165) is 0 Å². The van der Waals surface area contributed by atoms with Gasteiger partial charge >= 0.3 is 0 Å². The SMILES string of the molecule is C=C1O[C@H]2[C@H](OCO[C@@H]2CO[Si](c2ccccc2)(c2ccccc2)C(C)(C)C)[C@@H](OC)C1(C)C. The van der Waals surface area contributed by atoms with Gasteiger partial charge in [-0.1, -0.05) is 102 Å². The number of fused-ring (bicyclic) bond motifs is 1. The highest BCUT2D eigenvalue weighted by Gasteiger charge is 2.55. The predicted octanol–water partition coefficient (Wildman–Crippen LogP) is 4.26. The Balaban J connectivity index is 1.69. The number of methoxy groups -OCH3 is 1. The quantitative estimate of drug-likeness (QED) is 0.576. The van der Waals surface area contributed by atoms with Gasteiger partial charge in [-0.15, -0.1) is 0 Å². The predicted molar refractivity (Wildman–Crippen MR) is 137 cm³/mol. The van der Waals surface area contributed by atoms with Gasteiger partial charge in [-0.3, -0.25) is 0 Å². The Labute approximate surface area is 205 Å². The Bertz CT molecular complexity index is 930. The van der Waals surface area contributed by atoms with Crippen LogP contribution in [0.5, 0.6) is 0 Å². The van der Waals surface area contributed by atoms with E-state index in [1.807, 2.05) is 0 Å². The van der Waals surface area contributed by atoms with E-state index in [9.17, 15) is 0 Å². The summed E-state index contributed by atoms with van der Waals surface area (Å²) < 4.78 is 31.4. The van der Waals surface area contributed by atoms with Gasteiger partial charge in [0.15, 0.2) is 6.10 Å². The van der Waals surface area contributed by atoms with Gasteiger partial charge in [0.05, 0.1) is 23.9 Å². The van der Waals surface area contributed by atoms with Gasteiger partial charge in [-0.2, -0.15) is 0 Å². The highest BCUT2D eigenvalue weighted by molar-refractivity contribution is 6.99. The van der Waals surface area contributed by atoms with Crippen LogP contribution in [0.4, 0.5) is 0 Å². The molecule has 0 amide bonds. The lowest BCUT2D eigenvalue weighted by molar-refractivity contribution is -0.294. The molecule has 5 nitrogen and oxygen atoms in total. The van der Waals surface area contributed by atoms with Crippen molar-refractivity contribution in [3.8, 4) is 0 Å². The molecule has 2 aliphatic rings. The highest BCUT2D eigenvalue weighted by Crippen LogP contribution is 2.44. The summed E-state index contributed by atoms with van der Waals surface area (Å²) in [7, 11) is -0.973. The molecule has 2 aromatic rings. The van der Waals surface area contributed by atoms with Gasteiger partial charge in [-0.25, -0.2) is 0 Å². The second-order valence-corrected chi connectivity index (χ2v) is 15.1. The summed E-state index contributed by atoms with van der Waals surface area (Å²) in [5, 5.41) is 2.36. The van der Waals surface area contributed by atoms with E-state index in [1.165, 1.54) is 10.4 Å². The Morgan fingerprint density at radius 3 is 2.00 bits per heavy atom. The van der Waals surface area contributed by atoms with Crippen LogP contribution in [0.15, 0.2) is 73.0 Å². The second-order valence-electron chi connectivity index (χ2n) is 10.8. The molecule has 0 aliphatic carbocycles. The van der Waals surface area contributed by atoms with Crippen molar-refractivity contribution in [1.82, 2.24) is 0 Å². The minimum atomic E-state index is -2.69. The smallest absolute Gasteiger partial charge is 0.261 e. The van der Waals surface area contributed by atoms with Crippen LogP contribution < -0.4 is 10.4 Å². The van der Waals surface area contributed by atoms with E-state index < -0.39 is 8.32 Å². The fourth-order valence-electron chi connectivity index (χ4n) is 5.44. The van der Waals surface area contributed by atoms with Crippen LogP contribution in [-0.4, -0.2) is 53.2 Å². The molecule has 184 valence electrons. The normalized spacial score (nSPS) is 27.1. The first-order chi connectivity index (χ1) is 16.1. The zero-order chi connectivity index (χ0) is 24.6. The van der Waals surface area contributed by atoms with Crippen LogP contribution in [0.25, 0.3) is 0 Å². The topological polar surface area (TPSA) is 46.2 Å². The zero-order valence-electron chi connectivity index (χ0n) is 21.2. The number of benzene rings is 2. The van der Waals surface area contributed by atoms with Crippen LogP contribution in [-0.2, 0) is 23.4 Å². The molecule has 2 saturated heterocycles. The lowest BCUT2D eigenvalue weighted by atomic mass is 9.77. The molecule has 4 atom stereocenters. The molecule has 0 aromatic heterocycles. The van der Waals surface area contributed by atoms with Gasteiger partial charge in [0.2, 0.25) is 0 Å². The summed E-state index contributed by atoms with van der Waals surface area (Å²) in [6.45, 7) is 15.7. The molecule has 0 N–H and O–H groups in total. The summed E-state index contributed by atoms with van der Waals surface area (Å²) in [4.78, 5) is 0. The third-order valence-electron chi connectivity index (χ3n) is 7.37. The van der Waals surface area contributed by atoms with Crippen molar-refractivity contribution in [1.29, 1.82) is 0 Å². The van der Waals surface area contributed by atoms with Gasteiger partial charge in [0.25, 0.3) is 8.32 Å². The maximum atomic E-state index is 7.12. The molecule has 0 saturated carbocycles. The van der Waals surface area contributed by atoms with Crippen LogP contribution in [0.3, 0.4) is 0 Å². The van der Waals surface area contributed by atoms with Crippen LogP contribution in [0.1, 0.15) is 34.6 Å². The molecule has 2 aromatic carbocycles. The molecule has 0 unspecified atom stereocenters. The Morgan fingerprint density at radius 1 is 0.941 bits per heavy atom. The molecule has 2 fully saturated rings. The second kappa shape index (κ2) is 9.59. The van der Waals surface area contributed by atoms with E-state index in [0.29, 0.717) is 12.4 Å². The standard InChI is InChI=1S/C28H38O5Si/c1-20-28(5,6)26(29-7)25-24(33-20)23(30-19-31-25)18-32-34(27(2,3)4,21-14-10-8-11-15-21)22-16-12-9-13-17-22/h8-17,23-26H,1,18-19H2,2-7H3/t23-,24-,25+,26-/m1/s1. The fourth-order valence-corrected chi connectivity index (χ4v) is 10.0. The summed E-state index contributed by atoms with van der Waals surface area (Å²) in [5.74, 6) is 0.685. The fraction of sp³-hybridized carbons (Fsp3) is 0.500. The summed E-state index contributed by atoms with van der Waals surface area (Å²) in [6.07, 6.45) is -1.09. The lowest BCUT2D eigenvalue weighted by Gasteiger charge is -2.52. The zero-order valence-corrected chi connectivity index (χ0v) is 22.2. The average Bonchev–Trinajstić information content (AvgIpc) is 2.81. The molecular weight excluding hydrogens is 444 g/mol. The van der Waals surface area contributed by atoms with Crippen molar-refractivity contribution in [3.05, 3.63) is 73.0 Å². The average molecular weight is 483 g/mol. The van der Waals surface area contributed by atoms with E-state index in [-0.39, 0.29) is 41.7 Å². The molecule has 0 bridgehead atoms. The molecular formula is C28H38O5Si. The summed E-state index contributed by atoms with van der Waals surface area (Å²) >= 11 is 0. The Hall–Kier alpha value is -1.96. The van der Waals surface area contributed by atoms with E-state index in [1.54, 1.807) is 7.11 Å². The largest absolute Gasteiger partial charge is 0.489 e. The van der Waals surface area contributed by atoms with Crippen LogP contribution >= 0.6 is 0 Å². The maximum absolute atomic E-state index is 7.12.